The molecule has 2 aromatic rings. The van der Waals surface area contributed by atoms with E-state index in [0.29, 0.717) is 23.1 Å². The van der Waals surface area contributed by atoms with Gasteiger partial charge in [0.25, 0.3) is 5.91 Å². The molecule has 2 aromatic heterocycles. The van der Waals surface area contributed by atoms with Crippen molar-refractivity contribution in [2.45, 2.75) is 33.2 Å². The lowest BCUT2D eigenvalue weighted by atomic mass is 10.1. The summed E-state index contributed by atoms with van der Waals surface area (Å²) in [5.74, 6) is 1.00. The molecule has 0 aliphatic rings. The van der Waals surface area contributed by atoms with Crippen LogP contribution in [0.3, 0.4) is 0 Å². The SMILES string of the molecule is CCCc1cc(C(=O)NCc2nc(C)no2)cc(N)n1. The Morgan fingerprint density at radius 3 is 2.85 bits per heavy atom. The molecule has 0 bridgehead atoms. The van der Waals surface area contributed by atoms with Gasteiger partial charge in [0, 0.05) is 11.3 Å². The van der Waals surface area contributed by atoms with Crippen LogP contribution in [0.4, 0.5) is 5.82 Å². The van der Waals surface area contributed by atoms with Crippen LogP contribution >= 0.6 is 0 Å². The van der Waals surface area contributed by atoms with Crippen LogP contribution in [0.5, 0.6) is 0 Å². The van der Waals surface area contributed by atoms with Gasteiger partial charge in [0.15, 0.2) is 5.82 Å². The zero-order valence-corrected chi connectivity index (χ0v) is 11.5. The molecule has 0 spiro atoms. The Bertz CT molecular complexity index is 609. The smallest absolute Gasteiger partial charge is 0.251 e. The molecule has 0 atom stereocenters. The average Bonchev–Trinajstić information content (AvgIpc) is 2.81. The van der Waals surface area contributed by atoms with Crippen molar-refractivity contribution in [3.8, 4) is 0 Å². The molecule has 0 radical (unpaired) electrons. The number of hydrogen-bond donors (Lipinski definition) is 2. The first-order valence-electron chi connectivity index (χ1n) is 6.42. The number of hydrogen-bond acceptors (Lipinski definition) is 6. The molecule has 0 saturated heterocycles. The molecule has 2 heterocycles. The lowest BCUT2D eigenvalue weighted by Crippen LogP contribution is -2.23. The number of anilines is 1. The number of nitrogen functional groups attached to an aromatic ring is 1. The summed E-state index contributed by atoms with van der Waals surface area (Å²) in [5, 5.41) is 6.36. The fraction of sp³-hybridized carbons (Fsp3) is 0.385. The van der Waals surface area contributed by atoms with E-state index < -0.39 is 0 Å². The van der Waals surface area contributed by atoms with E-state index in [9.17, 15) is 4.79 Å². The Balaban J connectivity index is 2.04. The predicted octanol–water partition coefficient (Wildman–Crippen LogP) is 1.24. The second kappa shape index (κ2) is 6.14. The number of rotatable bonds is 5. The van der Waals surface area contributed by atoms with Crippen LogP contribution in [0.25, 0.3) is 0 Å². The molecule has 0 unspecified atom stereocenters. The van der Waals surface area contributed by atoms with E-state index in [2.05, 4.69) is 20.4 Å². The third kappa shape index (κ3) is 3.53. The quantitative estimate of drug-likeness (QED) is 0.850. The van der Waals surface area contributed by atoms with E-state index in [1.165, 1.54) is 0 Å². The average molecular weight is 275 g/mol. The number of aryl methyl sites for hydroxylation is 2. The van der Waals surface area contributed by atoms with Crippen LogP contribution < -0.4 is 11.1 Å². The van der Waals surface area contributed by atoms with Gasteiger partial charge in [-0.15, -0.1) is 0 Å². The van der Waals surface area contributed by atoms with Gasteiger partial charge in [0.2, 0.25) is 5.89 Å². The minimum atomic E-state index is -0.243. The first kappa shape index (κ1) is 14.0. The molecule has 7 nitrogen and oxygen atoms in total. The van der Waals surface area contributed by atoms with Crippen LogP contribution in [-0.2, 0) is 13.0 Å². The van der Waals surface area contributed by atoms with Gasteiger partial charge in [0.1, 0.15) is 5.82 Å². The summed E-state index contributed by atoms with van der Waals surface area (Å²) >= 11 is 0. The van der Waals surface area contributed by atoms with Gasteiger partial charge in [-0.25, -0.2) is 4.98 Å². The van der Waals surface area contributed by atoms with Crippen molar-refractivity contribution in [3.63, 3.8) is 0 Å². The van der Waals surface area contributed by atoms with Gasteiger partial charge in [-0.1, -0.05) is 18.5 Å². The number of nitrogens with two attached hydrogens (primary N) is 1. The zero-order valence-electron chi connectivity index (χ0n) is 11.5. The number of carbonyl (C=O) groups is 1. The van der Waals surface area contributed by atoms with Crippen molar-refractivity contribution >= 4 is 11.7 Å². The first-order chi connectivity index (χ1) is 9.58. The van der Waals surface area contributed by atoms with Crippen LogP contribution in [0.1, 0.15) is 41.1 Å². The highest BCUT2D eigenvalue weighted by Gasteiger charge is 2.10. The second-order valence-corrected chi connectivity index (χ2v) is 4.44. The summed E-state index contributed by atoms with van der Waals surface area (Å²) in [4.78, 5) is 20.2. The van der Waals surface area contributed by atoms with Crippen LogP contribution in [0.2, 0.25) is 0 Å². The van der Waals surface area contributed by atoms with Gasteiger partial charge in [-0.2, -0.15) is 4.98 Å². The summed E-state index contributed by atoms with van der Waals surface area (Å²) in [7, 11) is 0. The summed E-state index contributed by atoms with van der Waals surface area (Å²) in [6.07, 6.45) is 1.73. The minimum Gasteiger partial charge on any atom is -0.384 e. The summed E-state index contributed by atoms with van der Waals surface area (Å²) in [6, 6.07) is 3.29. The number of pyridine rings is 1. The topological polar surface area (TPSA) is 107 Å². The molecule has 106 valence electrons. The lowest BCUT2D eigenvalue weighted by Gasteiger charge is -2.06. The maximum atomic E-state index is 12.0. The van der Waals surface area contributed by atoms with E-state index in [1.807, 2.05) is 6.92 Å². The third-order valence-electron chi connectivity index (χ3n) is 2.64. The summed E-state index contributed by atoms with van der Waals surface area (Å²) in [5.41, 5.74) is 7.00. The molecular weight excluding hydrogens is 258 g/mol. The van der Waals surface area contributed by atoms with Crippen LogP contribution in [0.15, 0.2) is 16.7 Å². The highest BCUT2D eigenvalue weighted by Crippen LogP contribution is 2.10. The number of amides is 1. The molecule has 2 rings (SSSR count). The summed E-state index contributed by atoms with van der Waals surface area (Å²) < 4.78 is 4.92. The molecule has 1 amide bonds. The van der Waals surface area contributed by atoms with E-state index >= 15 is 0 Å². The molecule has 0 aliphatic heterocycles. The largest absolute Gasteiger partial charge is 0.384 e. The molecular formula is C13H17N5O2. The highest BCUT2D eigenvalue weighted by molar-refractivity contribution is 5.94. The molecule has 0 fully saturated rings. The molecule has 7 heteroatoms. The fourth-order valence-corrected chi connectivity index (χ4v) is 1.80. The van der Waals surface area contributed by atoms with E-state index in [4.69, 9.17) is 10.3 Å². The van der Waals surface area contributed by atoms with Crippen molar-refractivity contribution in [1.29, 1.82) is 0 Å². The Hall–Kier alpha value is -2.44. The van der Waals surface area contributed by atoms with Gasteiger partial charge in [-0.05, 0) is 25.5 Å². The highest BCUT2D eigenvalue weighted by atomic mass is 16.5. The Labute approximate surface area is 116 Å². The monoisotopic (exact) mass is 275 g/mol. The fourth-order valence-electron chi connectivity index (χ4n) is 1.80. The van der Waals surface area contributed by atoms with E-state index in [-0.39, 0.29) is 12.5 Å². The second-order valence-electron chi connectivity index (χ2n) is 4.44. The molecule has 3 N–H and O–H groups in total. The first-order valence-corrected chi connectivity index (χ1v) is 6.42. The number of nitrogens with zero attached hydrogens (tertiary/aromatic N) is 3. The van der Waals surface area contributed by atoms with Crippen LogP contribution in [0, 0.1) is 6.92 Å². The third-order valence-corrected chi connectivity index (χ3v) is 2.64. The minimum absolute atomic E-state index is 0.186. The van der Waals surface area contributed by atoms with E-state index in [1.54, 1.807) is 19.1 Å². The van der Waals surface area contributed by atoms with E-state index in [0.717, 1.165) is 18.5 Å². The Morgan fingerprint density at radius 2 is 2.20 bits per heavy atom. The Kier molecular flexibility index (Phi) is 4.29. The molecule has 0 aromatic carbocycles. The van der Waals surface area contributed by atoms with Gasteiger partial charge in [-0.3, -0.25) is 4.79 Å². The zero-order chi connectivity index (χ0) is 14.5. The normalized spacial score (nSPS) is 10.5. The summed E-state index contributed by atoms with van der Waals surface area (Å²) in [6.45, 7) is 3.95. The standard InChI is InChI=1S/C13H17N5O2/c1-3-4-10-5-9(6-11(14)17-10)13(19)15-7-12-16-8(2)18-20-12/h5-6H,3-4,7H2,1-2H3,(H2,14,17)(H,15,19). The van der Waals surface area contributed by atoms with Crippen molar-refractivity contribution in [2.75, 3.05) is 5.73 Å². The molecule has 20 heavy (non-hydrogen) atoms. The lowest BCUT2D eigenvalue weighted by molar-refractivity contribution is 0.0946. The molecule has 0 aliphatic carbocycles. The Morgan fingerprint density at radius 1 is 1.40 bits per heavy atom. The van der Waals surface area contributed by atoms with Crippen molar-refractivity contribution < 1.29 is 9.32 Å². The van der Waals surface area contributed by atoms with Crippen molar-refractivity contribution in [2.24, 2.45) is 0 Å². The van der Waals surface area contributed by atoms with Gasteiger partial charge >= 0.3 is 0 Å². The molecule has 0 saturated carbocycles. The number of carbonyl (C=O) groups excluding carboxylic acids is 1. The number of aromatic nitrogens is 3. The van der Waals surface area contributed by atoms with Crippen molar-refractivity contribution in [1.82, 2.24) is 20.4 Å². The van der Waals surface area contributed by atoms with Gasteiger partial charge in [0.05, 0.1) is 6.54 Å². The van der Waals surface area contributed by atoms with Crippen molar-refractivity contribution in [3.05, 3.63) is 35.1 Å². The maximum Gasteiger partial charge on any atom is 0.251 e. The maximum absolute atomic E-state index is 12.0. The van der Waals surface area contributed by atoms with Gasteiger partial charge < -0.3 is 15.6 Å². The number of nitrogens with one attached hydrogen (secondary N) is 1. The predicted molar refractivity (Wildman–Crippen MR) is 72.8 cm³/mol. The van der Waals surface area contributed by atoms with Crippen LogP contribution in [-0.4, -0.2) is 21.0 Å².